The average molecular weight is 450 g/mol. The summed E-state index contributed by atoms with van der Waals surface area (Å²) in [4.78, 5) is 28.5. The van der Waals surface area contributed by atoms with Crippen molar-refractivity contribution in [2.24, 2.45) is 0 Å². The SMILES string of the molecule is CCNC(=O)COc1cccc(NC(=O)c2ccc(OCc3cccnc3)c(OCC)c2)c1. The van der Waals surface area contributed by atoms with Crippen LogP contribution in [0.4, 0.5) is 5.69 Å². The van der Waals surface area contributed by atoms with Gasteiger partial charge < -0.3 is 24.8 Å². The van der Waals surface area contributed by atoms with E-state index in [0.29, 0.717) is 48.3 Å². The standard InChI is InChI=1S/C25H27N3O5/c1-3-27-24(29)17-32-21-9-5-8-20(14-21)28-25(30)19-10-11-22(23(13-19)31-4-2)33-16-18-7-6-12-26-15-18/h5-15H,3-4,16-17H2,1-2H3,(H,27,29)(H,28,30). The summed E-state index contributed by atoms with van der Waals surface area (Å²) in [7, 11) is 0. The Morgan fingerprint density at radius 2 is 1.82 bits per heavy atom. The highest BCUT2D eigenvalue weighted by molar-refractivity contribution is 6.04. The molecule has 8 nitrogen and oxygen atoms in total. The Labute approximate surface area is 192 Å². The van der Waals surface area contributed by atoms with Gasteiger partial charge in [0.25, 0.3) is 11.8 Å². The van der Waals surface area contributed by atoms with Gasteiger partial charge in [0.15, 0.2) is 18.1 Å². The topological polar surface area (TPSA) is 98.8 Å². The quantitative estimate of drug-likeness (QED) is 0.462. The minimum Gasteiger partial charge on any atom is -0.490 e. The number of carbonyl (C=O) groups excluding carboxylic acids is 2. The predicted molar refractivity (Wildman–Crippen MR) is 125 cm³/mol. The van der Waals surface area contributed by atoms with E-state index in [0.717, 1.165) is 5.56 Å². The molecule has 0 radical (unpaired) electrons. The van der Waals surface area contributed by atoms with Gasteiger partial charge in [-0.15, -0.1) is 0 Å². The molecule has 0 fully saturated rings. The normalized spacial score (nSPS) is 10.2. The highest BCUT2D eigenvalue weighted by Gasteiger charge is 2.13. The number of benzene rings is 2. The van der Waals surface area contributed by atoms with E-state index in [2.05, 4.69) is 15.6 Å². The molecule has 0 atom stereocenters. The van der Waals surface area contributed by atoms with Crippen LogP contribution in [0.1, 0.15) is 29.8 Å². The van der Waals surface area contributed by atoms with Crippen LogP contribution in [0.3, 0.4) is 0 Å². The molecule has 8 heteroatoms. The van der Waals surface area contributed by atoms with E-state index < -0.39 is 0 Å². The van der Waals surface area contributed by atoms with E-state index in [1.807, 2.05) is 26.0 Å². The number of hydrogen-bond donors (Lipinski definition) is 2. The van der Waals surface area contributed by atoms with Crippen molar-refractivity contribution in [1.29, 1.82) is 0 Å². The first-order valence-corrected chi connectivity index (χ1v) is 10.7. The molecule has 1 heterocycles. The third-order valence-electron chi connectivity index (χ3n) is 4.46. The van der Waals surface area contributed by atoms with Crippen molar-refractivity contribution in [1.82, 2.24) is 10.3 Å². The molecule has 0 spiro atoms. The van der Waals surface area contributed by atoms with Crippen LogP contribution in [0, 0.1) is 0 Å². The molecule has 2 aromatic carbocycles. The lowest BCUT2D eigenvalue weighted by atomic mass is 10.1. The lowest BCUT2D eigenvalue weighted by Crippen LogP contribution is -2.28. The fraction of sp³-hybridized carbons (Fsp3) is 0.240. The van der Waals surface area contributed by atoms with Crippen molar-refractivity contribution in [2.75, 3.05) is 25.1 Å². The van der Waals surface area contributed by atoms with Gasteiger partial charge >= 0.3 is 0 Å². The van der Waals surface area contributed by atoms with Gasteiger partial charge in [0.1, 0.15) is 12.4 Å². The highest BCUT2D eigenvalue weighted by atomic mass is 16.5. The van der Waals surface area contributed by atoms with E-state index in [4.69, 9.17) is 14.2 Å². The van der Waals surface area contributed by atoms with Gasteiger partial charge in [-0.25, -0.2) is 0 Å². The van der Waals surface area contributed by atoms with E-state index in [1.54, 1.807) is 54.9 Å². The number of carbonyl (C=O) groups is 2. The average Bonchev–Trinajstić information content (AvgIpc) is 2.83. The first kappa shape index (κ1) is 23.6. The molecule has 0 bridgehead atoms. The number of nitrogens with one attached hydrogen (secondary N) is 2. The Morgan fingerprint density at radius 1 is 0.939 bits per heavy atom. The fourth-order valence-corrected chi connectivity index (χ4v) is 2.95. The van der Waals surface area contributed by atoms with Crippen LogP contribution < -0.4 is 24.8 Å². The zero-order valence-corrected chi connectivity index (χ0v) is 18.7. The van der Waals surface area contributed by atoms with E-state index >= 15 is 0 Å². The number of nitrogens with zero attached hydrogens (tertiary/aromatic N) is 1. The summed E-state index contributed by atoms with van der Waals surface area (Å²) in [5.41, 5.74) is 1.89. The number of anilines is 1. The molecule has 3 rings (SSSR count). The number of likely N-dealkylation sites (N-methyl/N-ethyl adjacent to an activating group) is 1. The number of pyridine rings is 1. The maximum Gasteiger partial charge on any atom is 0.257 e. The molecule has 0 aliphatic heterocycles. The molecule has 0 unspecified atom stereocenters. The maximum atomic E-state index is 12.8. The van der Waals surface area contributed by atoms with Gasteiger partial charge in [0, 0.05) is 41.8 Å². The molecule has 3 aromatic rings. The summed E-state index contributed by atoms with van der Waals surface area (Å²) in [6, 6.07) is 15.7. The Kier molecular flexibility index (Phi) is 8.64. The third kappa shape index (κ3) is 7.24. The van der Waals surface area contributed by atoms with E-state index in [9.17, 15) is 9.59 Å². The number of aromatic nitrogens is 1. The molecule has 0 saturated carbocycles. The minimum absolute atomic E-state index is 0.0938. The Balaban J connectivity index is 1.66. The lowest BCUT2D eigenvalue weighted by molar-refractivity contribution is -0.122. The van der Waals surface area contributed by atoms with Gasteiger partial charge in [0.2, 0.25) is 0 Å². The summed E-state index contributed by atoms with van der Waals surface area (Å²) in [5.74, 6) is 0.983. The monoisotopic (exact) mass is 449 g/mol. The van der Waals surface area contributed by atoms with Gasteiger partial charge in [-0.05, 0) is 50.2 Å². The summed E-state index contributed by atoms with van der Waals surface area (Å²) in [5, 5.41) is 5.50. The number of ether oxygens (including phenoxy) is 3. The van der Waals surface area contributed by atoms with E-state index in [1.165, 1.54) is 0 Å². The number of rotatable bonds is 11. The van der Waals surface area contributed by atoms with Crippen molar-refractivity contribution in [2.45, 2.75) is 20.5 Å². The Morgan fingerprint density at radius 3 is 2.58 bits per heavy atom. The second-order valence-corrected chi connectivity index (χ2v) is 6.97. The smallest absolute Gasteiger partial charge is 0.257 e. The lowest BCUT2D eigenvalue weighted by Gasteiger charge is -2.14. The summed E-state index contributed by atoms with van der Waals surface area (Å²) in [6.07, 6.45) is 3.43. The molecule has 0 saturated heterocycles. The van der Waals surface area contributed by atoms with Crippen molar-refractivity contribution < 1.29 is 23.8 Å². The maximum absolute atomic E-state index is 12.8. The summed E-state index contributed by atoms with van der Waals surface area (Å²) in [6.45, 7) is 4.91. The molecule has 0 aliphatic carbocycles. The predicted octanol–water partition coefficient (Wildman–Crippen LogP) is 3.83. The Bertz CT molecular complexity index is 1070. The molecule has 2 N–H and O–H groups in total. The number of amides is 2. The van der Waals surface area contributed by atoms with Crippen LogP contribution in [-0.4, -0.2) is 36.6 Å². The van der Waals surface area contributed by atoms with Gasteiger partial charge in [-0.2, -0.15) is 0 Å². The Hall–Kier alpha value is -4.07. The molecule has 33 heavy (non-hydrogen) atoms. The first-order chi connectivity index (χ1) is 16.1. The molecular weight excluding hydrogens is 422 g/mol. The van der Waals surface area contributed by atoms with E-state index in [-0.39, 0.29) is 18.4 Å². The number of hydrogen-bond acceptors (Lipinski definition) is 6. The third-order valence-corrected chi connectivity index (χ3v) is 4.46. The molecular formula is C25H27N3O5. The van der Waals surface area contributed by atoms with Crippen molar-refractivity contribution >= 4 is 17.5 Å². The minimum atomic E-state index is -0.310. The zero-order valence-electron chi connectivity index (χ0n) is 18.7. The summed E-state index contributed by atoms with van der Waals surface area (Å²) >= 11 is 0. The molecule has 1 aromatic heterocycles. The molecule has 0 aliphatic rings. The fourth-order valence-electron chi connectivity index (χ4n) is 2.95. The second-order valence-electron chi connectivity index (χ2n) is 6.97. The van der Waals surface area contributed by atoms with Crippen LogP contribution in [0.25, 0.3) is 0 Å². The van der Waals surface area contributed by atoms with Crippen LogP contribution in [0.5, 0.6) is 17.2 Å². The molecule has 172 valence electrons. The van der Waals surface area contributed by atoms with Crippen LogP contribution in [-0.2, 0) is 11.4 Å². The van der Waals surface area contributed by atoms with Crippen LogP contribution >= 0.6 is 0 Å². The van der Waals surface area contributed by atoms with Crippen molar-refractivity contribution in [3.63, 3.8) is 0 Å². The van der Waals surface area contributed by atoms with Gasteiger partial charge in [-0.3, -0.25) is 14.6 Å². The van der Waals surface area contributed by atoms with Crippen LogP contribution in [0.2, 0.25) is 0 Å². The van der Waals surface area contributed by atoms with Crippen molar-refractivity contribution in [3.8, 4) is 17.2 Å². The first-order valence-electron chi connectivity index (χ1n) is 10.7. The molecule has 2 amide bonds. The van der Waals surface area contributed by atoms with Crippen molar-refractivity contribution in [3.05, 3.63) is 78.1 Å². The van der Waals surface area contributed by atoms with Gasteiger partial charge in [0.05, 0.1) is 6.61 Å². The summed E-state index contributed by atoms with van der Waals surface area (Å²) < 4.78 is 17.0. The van der Waals surface area contributed by atoms with Gasteiger partial charge in [-0.1, -0.05) is 12.1 Å². The highest BCUT2D eigenvalue weighted by Crippen LogP contribution is 2.30. The second kappa shape index (κ2) is 12.1. The largest absolute Gasteiger partial charge is 0.490 e. The zero-order chi connectivity index (χ0) is 23.5. The van der Waals surface area contributed by atoms with Crippen LogP contribution in [0.15, 0.2) is 67.0 Å².